The first-order valence-electron chi connectivity index (χ1n) is 19.0. The van der Waals surface area contributed by atoms with E-state index in [1.165, 1.54) is 5.39 Å². The molecule has 8 aromatic carbocycles. The molecule has 0 atom stereocenters. The Balaban J connectivity index is 0.975. The molecule has 4 heterocycles. The largest absolute Gasteiger partial charge is 0.456 e. The molecule has 0 unspecified atom stereocenters. The van der Waals surface area contributed by atoms with Gasteiger partial charge in [0.1, 0.15) is 22.3 Å². The predicted molar refractivity (Wildman–Crippen MR) is 230 cm³/mol. The highest BCUT2D eigenvalue weighted by Gasteiger charge is 2.18. The second-order valence-corrected chi connectivity index (χ2v) is 14.4. The topological polar surface area (TPSA) is 69.9 Å². The van der Waals surface area contributed by atoms with E-state index in [1.807, 2.05) is 66.7 Å². The quantitative estimate of drug-likeness (QED) is 0.176. The van der Waals surface area contributed by atoms with Crippen molar-refractivity contribution in [2.75, 3.05) is 0 Å². The average molecular weight is 731 g/mol. The molecular formula is C51H30N4O2. The molecule has 12 aromatic rings. The summed E-state index contributed by atoms with van der Waals surface area (Å²) in [5, 5.41) is 6.62. The lowest BCUT2D eigenvalue weighted by Crippen LogP contribution is -2.00. The number of hydrogen-bond acceptors (Lipinski definition) is 5. The summed E-state index contributed by atoms with van der Waals surface area (Å²) in [6.45, 7) is 0. The summed E-state index contributed by atoms with van der Waals surface area (Å²) >= 11 is 0. The van der Waals surface area contributed by atoms with Crippen LogP contribution in [0, 0.1) is 0 Å². The normalized spacial score (nSPS) is 11.9. The highest BCUT2D eigenvalue weighted by Crippen LogP contribution is 2.38. The summed E-state index contributed by atoms with van der Waals surface area (Å²) in [6.07, 6.45) is 0. The molecular weight excluding hydrogens is 701 g/mol. The molecule has 12 rings (SSSR count). The smallest absolute Gasteiger partial charge is 0.164 e. The van der Waals surface area contributed by atoms with Crippen LogP contribution in [0.1, 0.15) is 0 Å². The van der Waals surface area contributed by atoms with Crippen LogP contribution in [0.3, 0.4) is 0 Å². The van der Waals surface area contributed by atoms with E-state index >= 15 is 0 Å². The maximum atomic E-state index is 6.48. The van der Waals surface area contributed by atoms with Gasteiger partial charge in [-0.05, 0) is 90.0 Å². The van der Waals surface area contributed by atoms with Crippen LogP contribution in [-0.2, 0) is 0 Å². The molecule has 0 aliphatic heterocycles. The zero-order valence-electron chi connectivity index (χ0n) is 30.4. The first-order chi connectivity index (χ1) is 28.2. The first-order valence-corrected chi connectivity index (χ1v) is 19.0. The number of rotatable bonds is 5. The van der Waals surface area contributed by atoms with Gasteiger partial charge in [-0.2, -0.15) is 0 Å². The van der Waals surface area contributed by atoms with Gasteiger partial charge in [-0.3, -0.25) is 0 Å². The second-order valence-electron chi connectivity index (χ2n) is 14.4. The van der Waals surface area contributed by atoms with E-state index in [1.54, 1.807) is 0 Å². The van der Waals surface area contributed by atoms with Crippen LogP contribution in [0.25, 0.3) is 117 Å². The monoisotopic (exact) mass is 730 g/mol. The van der Waals surface area contributed by atoms with Gasteiger partial charge in [0.25, 0.3) is 0 Å². The van der Waals surface area contributed by atoms with E-state index < -0.39 is 0 Å². The SMILES string of the molecule is c1ccc(-c2nc(-c3ccc4c(c3)oc3ccc(-c5ccc6c(c5)oc5ccccc56)cc34)nc(-c3ccc4c(c3)c3ccccc3n4-c3ccccc3)n2)cc1. The van der Waals surface area contributed by atoms with Gasteiger partial charge < -0.3 is 13.4 Å². The molecule has 0 saturated heterocycles. The minimum Gasteiger partial charge on any atom is -0.456 e. The summed E-state index contributed by atoms with van der Waals surface area (Å²) in [7, 11) is 0. The second kappa shape index (κ2) is 12.3. The summed E-state index contributed by atoms with van der Waals surface area (Å²) in [5.74, 6) is 1.79. The van der Waals surface area contributed by atoms with Crippen molar-refractivity contribution >= 4 is 65.7 Å². The van der Waals surface area contributed by atoms with Gasteiger partial charge in [0.15, 0.2) is 17.5 Å². The van der Waals surface area contributed by atoms with Crippen LogP contribution in [0.4, 0.5) is 0 Å². The van der Waals surface area contributed by atoms with Crippen LogP contribution >= 0.6 is 0 Å². The Kier molecular flexibility index (Phi) is 6.83. The molecule has 6 heteroatoms. The third-order valence-electron chi connectivity index (χ3n) is 11.1. The van der Waals surface area contributed by atoms with Crippen LogP contribution < -0.4 is 0 Å². The Morgan fingerprint density at radius 3 is 1.58 bits per heavy atom. The molecule has 4 aromatic heterocycles. The van der Waals surface area contributed by atoms with Crippen molar-refractivity contribution in [1.82, 2.24) is 19.5 Å². The molecule has 0 aliphatic carbocycles. The predicted octanol–water partition coefficient (Wildman–Crippen LogP) is 13.4. The molecule has 6 nitrogen and oxygen atoms in total. The standard InChI is InChI=1S/C51H30N4O2/c1-3-11-31(12-4-1)49-52-50(34-21-25-44-41(28-34)37-15-7-9-17-43(37)55(44)36-13-5-2-6-14-36)54-51(53-49)35-20-24-40-42-27-32(22-26-46(42)57-48(40)30-35)33-19-23-39-38-16-8-10-18-45(38)56-47(39)29-33/h1-30H. The molecule has 0 fully saturated rings. The van der Waals surface area contributed by atoms with Crippen LogP contribution in [-0.4, -0.2) is 19.5 Å². The summed E-state index contributed by atoms with van der Waals surface area (Å²) in [6, 6.07) is 62.8. The summed E-state index contributed by atoms with van der Waals surface area (Å²) < 4.78 is 15.0. The van der Waals surface area contributed by atoms with Crippen molar-refractivity contribution in [2.45, 2.75) is 0 Å². The zero-order chi connectivity index (χ0) is 37.5. The maximum Gasteiger partial charge on any atom is 0.164 e. The minimum absolute atomic E-state index is 0.577. The number of furan rings is 2. The van der Waals surface area contributed by atoms with E-state index in [-0.39, 0.29) is 0 Å². The Morgan fingerprint density at radius 1 is 0.298 bits per heavy atom. The van der Waals surface area contributed by atoms with Crippen LogP contribution in [0.5, 0.6) is 0 Å². The van der Waals surface area contributed by atoms with Crippen molar-refractivity contribution in [1.29, 1.82) is 0 Å². The van der Waals surface area contributed by atoms with Crippen molar-refractivity contribution in [3.05, 3.63) is 182 Å². The van der Waals surface area contributed by atoms with Crippen molar-refractivity contribution in [2.24, 2.45) is 0 Å². The lowest BCUT2D eigenvalue weighted by molar-refractivity contribution is 0.669. The number of aromatic nitrogens is 4. The van der Waals surface area contributed by atoms with E-state index in [9.17, 15) is 0 Å². The molecule has 0 N–H and O–H groups in total. The highest BCUT2D eigenvalue weighted by atomic mass is 16.3. The van der Waals surface area contributed by atoms with Crippen molar-refractivity contribution < 1.29 is 8.83 Å². The lowest BCUT2D eigenvalue weighted by Gasteiger charge is -2.10. The summed E-state index contributed by atoms with van der Waals surface area (Å²) in [5.41, 5.74) is 11.6. The third kappa shape index (κ3) is 5.08. The van der Waals surface area contributed by atoms with E-state index in [2.05, 4.69) is 120 Å². The van der Waals surface area contributed by atoms with Crippen LogP contribution in [0.2, 0.25) is 0 Å². The highest BCUT2D eigenvalue weighted by molar-refractivity contribution is 6.11. The van der Waals surface area contributed by atoms with Gasteiger partial charge in [0.05, 0.1) is 11.0 Å². The molecule has 0 spiro atoms. The fourth-order valence-electron chi connectivity index (χ4n) is 8.32. The maximum absolute atomic E-state index is 6.48. The molecule has 57 heavy (non-hydrogen) atoms. The molecule has 0 amide bonds. The molecule has 0 aliphatic rings. The Morgan fingerprint density at radius 2 is 0.789 bits per heavy atom. The van der Waals surface area contributed by atoms with Gasteiger partial charge in [0.2, 0.25) is 0 Å². The Bertz CT molecular complexity index is 3530. The fourth-order valence-corrected chi connectivity index (χ4v) is 8.32. The first kappa shape index (κ1) is 31.5. The van der Waals surface area contributed by atoms with E-state index in [0.717, 1.165) is 93.8 Å². The number of hydrogen-bond donors (Lipinski definition) is 0. The number of fused-ring (bicyclic) bond motifs is 9. The molecule has 0 radical (unpaired) electrons. The number of nitrogens with zero attached hydrogens (tertiary/aromatic N) is 4. The van der Waals surface area contributed by atoms with E-state index in [4.69, 9.17) is 23.8 Å². The van der Waals surface area contributed by atoms with Gasteiger partial charge in [-0.1, -0.05) is 103 Å². The Hall–Kier alpha value is -7.83. The third-order valence-corrected chi connectivity index (χ3v) is 11.1. The van der Waals surface area contributed by atoms with E-state index in [0.29, 0.717) is 17.5 Å². The van der Waals surface area contributed by atoms with Gasteiger partial charge >= 0.3 is 0 Å². The molecule has 0 saturated carbocycles. The number of para-hydroxylation sites is 3. The zero-order valence-corrected chi connectivity index (χ0v) is 30.4. The fraction of sp³-hybridized carbons (Fsp3) is 0. The average Bonchev–Trinajstić information content (AvgIpc) is 3.95. The van der Waals surface area contributed by atoms with Crippen molar-refractivity contribution in [3.63, 3.8) is 0 Å². The Labute approximate surface area is 325 Å². The van der Waals surface area contributed by atoms with Crippen molar-refractivity contribution in [3.8, 4) is 51.0 Å². The van der Waals surface area contributed by atoms with Gasteiger partial charge in [-0.15, -0.1) is 0 Å². The van der Waals surface area contributed by atoms with Gasteiger partial charge in [-0.25, -0.2) is 15.0 Å². The lowest BCUT2D eigenvalue weighted by atomic mass is 10.0. The molecule has 266 valence electrons. The van der Waals surface area contributed by atoms with Crippen LogP contribution in [0.15, 0.2) is 191 Å². The minimum atomic E-state index is 0.577. The molecule has 0 bridgehead atoms. The van der Waals surface area contributed by atoms with Gasteiger partial charge in [0, 0.05) is 54.7 Å². The summed E-state index contributed by atoms with van der Waals surface area (Å²) in [4.78, 5) is 15.2. The number of benzene rings is 8.